The monoisotopic (exact) mass is 527 g/mol. The summed E-state index contributed by atoms with van der Waals surface area (Å²) in [5.41, 5.74) is 7.05. The molecule has 0 aliphatic heterocycles. The molecule has 36 heavy (non-hydrogen) atoms. The molecule has 186 valence electrons. The van der Waals surface area contributed by atoms with Gasteiger partial charge < -0.3 is 15.2 Å². The fraction of sp³-hybridized carbons (Fsp3) is 0.192. The van der Waals surface area contributed by atoms with E-state index in [-0.39, 0.29) is 37.1 Å². The van der Waals surface area contributed by atoms with Gasteiger partial charge in [-0.3, -0.25) is 9.59 Å². The third-order valence-corrected chi connectivity index (χ3v) is 6.84. The summed E-state index contributed by atoms with van der Waals surface area (Å²) in [4.78, 5) is 24.5. The van der Waals surface area contributed by atoms with Crippen LogP contribution in [-0.4, -0.2) is 34.7 Å². The lowest BCUT2D eigenvalue weighted by Gasteiger charge is -2.11. The molecular formula is C26H23ClFN3O4S. The van der Waals surface area contributed by atoms with E-state index in [1.807, 2.05) is 12.1 Å². The summed E-state index contributed by atoms with van der Waals surface area (Å²) in [6.07, 6.45) is 0. The first kappa shape index (κ1) is 25.4. The lowest BCUT2D eigenvalue weighted by atomic mass is 10.1. The van der Waals surface area contributed by atoms with Crippen LogP contribution in [0.5, 0.6) is 11.6 Å². The number of nitrogens with two attached hydrogens (primary N) is 1. The Hall–Kier alpha value is -3.69. The molecule has 1 amide bonds. The number of carbonyl (C=O) groups excluding carboxylic acids is 2. The SMILES string of the molecule is CCOc1c(F)c(-c2ccc(C(N)=O)cc2)nn1CCOc1ccc(-c2ccc(C(C)=O)s2)cc1Cl. The standard InChI is InChI=1S/C26H23ClFN3O4S/c1-3-34-26-23(28)24(16-4-6-17(7-5-16)25(29)33)30-31(26)12-13-35-20-9-8-18(14-19(20)27)22-11-10-21(36-22)15(2)32/h4-11,14H,3,12-13H2,1-2H3,(H2,29,33). The fourth-order valence-corrected chi connectivity index (χ4v) is 4.66. The molecule has 0 saturated heterocycles. The molecular weight excluding hydrogens is 505 g/mol. The van der Waals surface area contributed by atoms with E-state index in [9.17, 15) is 9.59 Å². The van der Waals surface area contributed by atoms with Crippen molar-refractivity contribution in [2.24, 2.45) is 5.73 Å². The molecule has 7 nitrogen and oxygen atoms in total. The zero-order valence-electron chi connectivity index (χ0n) is 19.6. The summed E-state index contributed by atoms with van der Waals surface area (Å²) in [6, 6.07) is 15.3. The van der Waals surface area contributed by atoms with Crippen molar-refractivity contribution in [1.29, 1.82) is 0 Å². The topological polar surface area (TPSA) is 96.4 Å². The minimum absolute atomic E-state index is 0.00417. The molecule has 0 spiro atoms. The van der Waals surface area contributed by atoms with Gasteiger partial charge >= 0.3 is 0 Å². The Kier molecular flexibility index (Phi) is 7.71. The van der Waals surface area contributed by atoms with Crippen molar-refractivity contribution < 1.29 is 23.5 Å². The van der Waals surface area contributed by atoms with E-state index < -0.39 is 11.7 Å². The molecule has 0 atom stereocenters. The quantitative estimate of drug-likeness (QED) is 0.261. The molecule has 4 aromatic rings. The Bertz CT molecular complexity index is 1420. The van der Waals surface area contributed by atoms with Crippen LogP contribution in [0, 0.1) is 5.82 Å². The zero-order chi connectivity index (χ0) is 25.8. The number of thiophene rings is 1. The Morgan fingerprint density at radius 3 is 2.42 bits per heavy atom. The maximum absolute atomic E-state index is 15.1. The summed E-state index contributed by atoms with van der Waals surface area (Å²) < 4.78 is 27.8. The average molecular weight is 528 g/mol. The highest BCUT2D eigenvalue weighted by atomic mass is 35.5. The molecule has 2 N–H and O–H groups in total. The molecule has 2 heterocycles. The third kappa shape index (κ3) is 5.42. The highest BCUT2D eigenvalue weighted by molar-refractivity contribution is 7.17. The van der Waals surface area contributed by atoms with Crippen molar-refractivity contribution in [2.75, 3.05) is 13.2 Å². The van der Waals surface area contributed by atoms with Crippen LogP contribution in [0.25, 0.3) is 21.7 Å². The normalized spacial score (nSPS) is 10.9. The number of amides is 1. The number of nitrogens with zero attached hydrogens (tertiary/aromatic N) is 2. The number of ether oxygens (including phenoxy) is 2. The summed E-state index contributed by atoms with van der Waals surface area (Å²) in [5, 5.41) is 4.77. The summed E-state index contributed by atoms with van der Waals surface area (Å²) in [6.45, 7) is 3.91. The lowest BCUT2D eigenvalue weighted by molar-refractivity contribution is 0.0997. The molecule has 0 aliphatic carbocycles. The molecule has 4 rings (SSSR count). The van der Waals surface area contributed by atoms with Crippen LogP contribution in [0.4, 0.5) is 4.39 Å². The van der Waals surface area contributed by atoms with Gasteiger partial charge in [0.25, 0.3) is 0 Å². The van der Waals surface area contributed by atoms with Crippen molar-refractivity contribution >= 4 is 34.6 Å². The van der Waals surface area contributed by atoms with E-state index in [0.29, 0.717) is 26.8 Å². The first-order valence-electron chi connectivity index (χ1n) is 11.1. The largest absolute Gasteiger partial charge is 0.490 e. The predicted molar refractivity (Wildman–Crippen MR) is 138 cm³/mol. The van der Waals surface area contributed by atoms with Gasteiger partial charge in [-0.15, -0.1) is 11.3 Å². The molecule has 0 bridgehead atoms. The van der Waals surface area contributed by atoms with Gasteiger partial charge in [-0.25, -0.2) is 4.68 Å². The third-order valence-electron chi connectivity index (χ3n) is 5.30. The maximum Gasteiger partial charge on any atom is 0.249 e. The van der Waals surface area contributed by atoms with E-state index >= 15 is 4.39 Å². The predicted octanol–water partition coefficient (Wildman–Crippen LogP) is 5.85. The Morgan fingerprint density at radius 2 is 1.81 bits per heavy atom. The first-order chi connectivity index (χ1) is 17.3. The van der Waals surface area contributed by atoms with Gasteiger partial charge in [0.1, 0.15) is 18.1 Å². The van der Waals surface area contributed by atoms with Gasteiger partial charge in [0.2, 0.25) is 17.6 Å². The molecule has 0 radical (unpaired) electrons. The second-order valence-electron chi connectivity index (χ2n) is 7.78. The lowest BCUT2D eigenvalue weighted by Crippen LogP contribution is -2.12. The van der Waals surface area contributed by atoms with Crippen LogP contribution >= 0.6 is 22.9 Å². The van der Waals surface area contributed by atoms with Crippen molar-refractivity contribution in [3.05, 3.63) is 75.9 Å². The number of primary amides is 1. The van der Waals surface area contributed by atoms with Crippen molar-refractivity contribution in [1.82, 2.24) is 9.78 Å². The van der Waals surface area contributed by atoms with Gasteiger partial charge in [-0.1, -0.05) is 23.7 Å². The van der Waals surface area contributed by atoms with E-state index in [4.69, 9.17) is 26.8 Å². The highest BCUT2D eigenvalue weighted by Crippen LogP contribution is 2.34. The summed E-state index contributed by atoms with van der Waals surface area (Å²) >= 11 is 7.83. The molecule has 0 aliphatic rings. The number of hydrogen-bond acceptors (Lipinski definition) is 6. The van der Waals surface area contributed by atoms with E-state index in [0.717, 1.165) is 10.4 Å². The Morgan fingerprint density at radius 1 is 1.08 bits per heavy atom. The van der Waals surface area contributed by atoms with Gasteiger partial charge in [0.05, 0.1) is 23.1 Å². The van der Waals surface area contributed by atoms with Crippen molar-refractivity contribution in [3.8, 4) is 33.3 Å². The zero-order valence-corrected chi connectivity index (χ0v) is 21.2. The number of Topliss-reactive ketones (excluding diaryl/α,β-unsaturated/α-hetero) is 1. The van der Waals surface area contributed by atoms with Gasteiger partial charge in [-0.2, -0.15) is 9.49 Å². The van der Waals surface area contributed by atoms with Crippen LogP contribution < -0.4 is 15.2 Å². The van der Waals surface area contributed by atoms with Gasteiger partial charge in [0, 0.05) is 16.0 Å². The van der Waals surface area contributed by atoms with Crippen LogP contribution in [0.1, 0.15) is 33.9 Å². The number of carbonyl (C=O) groups is 2. The number of halogens is 2. The maximum atomic E-state index is 15.1. The number of rotatable bonds is 10. The minimum atomic E-state index is -0.605. The molecule has 0 saturated carbocycles. The van der Waals surface area contributed by atoms with Crippen LogP contribution in [0.2, 0.25) is 5.02 Å². The van der Waals surface area contributed by atoms with E-state index in [1.165, 1.54) is 35.1 Å². The number of benzene rings is 2. The van der Waals surface area contributed by atoms with Crippen LogP contribution in [-0.2, 0) is 6.54 Å². The van der Waals surface area contributed by atoms with Crippen LogP contribution in [0.3, 0.4) is 0 Å². The molecule has 10 heteroatoms. The highest BCUT2D eigenvalue weighted by Gasteiger charge is 2.21. The smallest absolute Gasteiger partial charge is 0.249 e. The number of aromatic nitrogens is 2. The summed E-state index contributed by atoms with van der Waals surface area (Å²) in [7, 11) is 0. The second kappa shape index (κ2) is 10.9. The summed E-state index contributed by atoms with van der Waals surface area (Å²) in [5.74, 6) is -0.689. The van der Waals surface area contributed by atoms with Crippen molar-refractivity contribution in [2.45, 2.75) is 20.4 Å². The number of ketones is 1. The average Bonchev–Trinajstić information content (AvgIpc) is 3.47. The molecule has 2 aromatic carbocycles. The Labute approximate surface area is 216 Å². The molecule has 0 fully saturated rings. The molecule has 0 unspecified atom stereocenters. The van der Waals surface area contributed by atoms with Gasteiger partial charge in [0.15, 0.2) is 5.78 Å². The van der Waals surface area contributed by atoms with Gasteiger partial charge in [-0.05, 0) is 61.9 Å². The van der Waals surface area contributed by atoms with Crippen molar-refractivity contribution in [3.63, 3.8) is 0 Å². The van der Waals surface area contributed by atoms with E-state index in [2.05, 4.69) is 5.10 Å². The second-order valence-corrected chi connectivity index (χ2v) is 9.27. The number of hydrogen-bond donors (Lipinski definition) is 1. The molecule has 2 aromatic heterocycles. The first-order valence-corrected chi connectivity index (χ1v) is 12.3. The Balaban J connectivity index is 1.48. The van der Waals surface area contributed by atoms with E-state index in [1.54, 1.807) is 37.3 Å². The minimum Gasteiger partial charge on any atom is -0.490 e. The fourth-order valence-electron chi connectivity index (χ4n) is 3.52. The van der Waals surface area contributed by atoms with Crippen LogP contribution in [0.15, 0.2) is 54.6 Å².